The number of benzene rings is 1. The van der Waals surface area contributed by atoms with Crippen molar-refractivity contribution < 1.29 is 9.18 Å². The van der Waals surface area contributed by atoms with Crippen LogP contribution in [0.15, 0.2) is 22.7 Å². The highest BCUT2D eigenvalue weighted by molar-refractivity contribution is 9.10. The van der Waals surface area contributed by atoms with Crippen molar-refractivity contribution in [1.82, 2.24) is 4.90 Å². The van der Waals surface area contributed by atoms with Crippen LogP contribution in [0, 0.1) is 5.82 Å². The fourth-order valence-electron chi connectivity index (χ4n) is 1.95. The first kappa shape index (κ1) is 15.4. The zero-order valence-electron chi connectivity index (χ0n) is 9.73. The highest BCUT2D eigenvalue weighted by Crippen LogP contribution is 2.20. The molecule has 2 rings (SSSR count). The van der Waals surface area contributed by atoms with Gasteiger partial charge in [-0.1, -0.05) is 22.0 Å². The van der Waals surface area contributed by atoms with Gasteiger partial charge < -0.3 is 10.6 Å². The summed E-state index contributed by atoms with van der Waals surface area (Å²) in [7, 11) is 0. The van der Waals surface area contributed by atoms with Gasteiger partial charge in [-0.3, -0.25) is 4.79 Å². The van der Waals surface area contributed by atoms with Gasteiger partial charge in [0, 0.05) is 23.6 Å². The zero-order valence-corrected chi connectivity index (χ0v) is 12.1. The van der Waals surface area contributed by atoms with E-state index in [1.54, 1.807) is 11.0 Å². The number of nitrogens with two attached hydrogens (primary N) is 1. The van der Waals surface area contributed by atoms with Crippen LogP contribution >= 0.6 is 28.3 Å². The summed E-state index contributed by atoms with van der Waals surface area (Å²) in [4.78, 5) is 13.7. The molecule has 0 saturated carbocycles. The lowest BCUT2D eigenvalue weighted by Gasteiger charge is -2.16. The Morgan fingerprint density at radius 2 is 2.28 bits per heavy atom. The molecule has 0 spiro atoms. The van der Waals surface area contributed by atoms with Gasteiger partial charge in [0.05, 0.1) is 6.42 Å². The molecule has 6 heteroatoms. The zero-order chi connectivity index (χ0) is 12.4. The van der Waals surface area contributed by atoms with E-state index in [4.69, 9.17) is 5.73 Å². The van der Waals surface area contributed by atoms with Crippen LogP contribution in [0.4, 0.5) is 4.39 Å². The van der Waals surface area contributed by atoms with Gasteiger partial charge in [0.15, 0.2) is 0 Å². The van der Waals surface area contributed by atoms with E-state index in [1.807, 2.05) is 0 Å². The third kappa shape index (κ3) is 3.67. The summed E-state index contributed by atoms with van der Waals surface area (Å²) < 4.78 is 13.5. The molecule has 1 amide bonds. The van der Waals surface area contributed by atoms with E-state index in [1.165, 1.54) is 12.1 Å². The SMILES string of the molecule is Cl.NC1CCN(C(=O)Cc2ccc(F)cc2Br)C1. The first-order valence-electron chi connectivity index (χ1n) is 5.53. The van der Waals surface area contributed by atoms with Crippen molar-refractivity contribution in [3.05, 3.63) is 34.1 Å². The van der Waals surface area contributed by atoms with Crippen molar-refractivity contribution in [2.75, 3.05) is 13.1 Å². The summed E-state index contributed by atoms with van der Waals surface area (Å²) in [5, 5.41) is 0. The number of amides is 1. The number of hydrogen-bond donors (Lipinski definition) is 1. The molecule has 1 unspecified atom stereocenters. The molecule has 1 saturated heterocycles. The minimum absolute atomic E-state index is 0. The Labute approximate surface area is 120 Å². The second-order valence-electron chi connectivity index (χ2n) is 4.30. The smallest absolute Gasteiger partial charge is 0.227 e. The van der Waals surface area contributed by atoms with E-state index in [-0.39, 0.29) is 36.6 Å². The largest absolute Gasteiger partial charge is 0.341 e. The quantitative estimate of drug-likeness (QED) is 0.898. The van der Waals surface area contributed by atoms with Crippen LogP contribution in [0.1, 0.15) is 12.0 Å². The summed E-state index contributed by atoms with van der Waals surface area (Å²) in [5.41, 5.74) is 6.56. The van der Waals surface area contributed by atoms with E-state index < -0.39 is 0 Å². The maximum atomic E-state index is 12.9. The topological polar surface area (TPSA) is 46.3 Å². The van der Waals surface area contributed by atoms with Crippen LogP contribution < -0.4 is 5.73 Å². The summed E-state index contributed by atoms with van der Waals surface area (Å²) in [5.74, 6) is -0.262. The van der Waals surface area contributed by atoms with E-state index >= 15 is 0 Å². The molecule has 1 aromatic rings. The van der Waals surface area contributed by atoms with E-state index in [9.17, 15) is 9.18 Å². The normalized spacial score (nSPS) is 18.6. The fourth-order valence-corrected chi connectivity index (χ4v) is 2.44. The predicted molar refractivity (Wildman–Crippen MR) is 74.2 cm³/mol. The fraction of sp³-hybridized carbons (Fsp3) is 0.417. The molecule has 0 aromatic heterocycles. The Morgan fingerprint density at radius 1 is 1.56 bits per heavy atom. The van der Waals surface area contributed by atoms with Crippen molar-refractivity contribution in [2.45, 2.75) is 18.9 Å². The third-order valence-corrected chi connectivity index (χ3v) is 3.67. The van der Waals surface area contributed by atoms with Crippen molar-refractivity contribution in [1.29, 1.82) is 0 Å². The maximum Gasteiger partial charge on any atom is 0.227 e. The van der Waals surface area contributed by atoms with Crippen LogP contribution in [0.2, 0.25) is 0 Å². The minimum atomic E-state index is -0.309. The van der Waals surface area contributed by atoms with Crippen molar-refractivity contribution >= 4 is 34.2 Å². The molecule has 1 aromatic carbocycles. The first-order valence-corrected chi connectivity index (χ1v) is 6.33. The number of carbonyl (C=O) groups excluding carboxylic acids is 1. The number of halogens is 3. The molecule has 0 radical (unpaired) electrons. The van der Waals surface area contributed by atoms with Gasteiger partial charge in [0.2, 0.25) is 5.91 Å². The molecule has 3 nitrogen and oxygen atoms in total. The highest BCUT2D eigenvalue weighted by Gasteiger charge is 2.23. The first-order chi connectivity index (χ1) is 8.06. The van der Waals surface area contributed by atoms with Crippen LogP contribution in [-0.2, 0) is 11.2 Å². The number of likely N-dealkylation sites (tertiary alicyclic amines) is 1. The Bertz CT molecular complexity index is 444. The minimum Gasteiger partial charge on any atom is -0.341 e. The van der Waals surface area contributed by atoms with Gasteiger partial charge in [-0.15, -0.1) is 12.4 Å². The molecule has 100 valence electrons. The molecule has 1 aliphatic heterocycles. The standard InChI is InChI=1S/C12H14BrFN2O.ClH/c13-11-6-9(14)2-1-8(11)5-12(17)16-4-3-10(15)7-16;/h1-2,6,10H,3-5,7,15H2;1H. The Hall–Kier alpha value is -0.650. The summed E-state index contributed by atoms with van der Waals surface area (Å²) >= 11 is 3.26. The van der Waals surface area contributed by atoms with Crippen molar-refractivity contribution in [3.63, 3.8) is 0 Å². The monoisotopic (exact) mass is 336 g/mol. The molecule has 0 aliphatic carbocycles. The molecule has 1 atom stereocenters. The molecule has 18 heavy (non-hydrogen) atoms. The summed E-state index contributed by atoms with van der Waals surface area (Å²) in [6, 6.07) is 4.46. The Morgan fingerprint density at radius 3 is 2.83 bits per heavy atom. The molecule has 2 N–H and O–H groups in total. The Balaban J connectivity index is 0.00000162. The second-order valence-corrected chi connectivity index (χ2v) is 5.16. The average molecular weight is 338 g/mol. The number of nitrogens with zero attached hydrogens (tertiary/aromatic N) is 1. The van der Waals surface area contributed by atoms with E-state index in [0.29, 0.717) is 11.0 Å². The molecule has 1 heterocycles. The second kappa shape index (κ2) is 6.50. The van der Waals surface area contributed by atoms with Gasteiger partial charge in [0.25, 0.3) is 0 Å². The highest BCUT2D eigenvalue weighted by atomic mass is 79.9. The molecule has 1 fully saturated rings. The average Bonchev–Trinajstić information content (AvgIpc) is 2.69. The van der Waals surface area contributed by atoms with Crippen LogP contribution in [-0.4, -0.2) is 29.9 Å². The van der Waals surface area contributed by atoms with E-state index in [2.05, 4.69) is 15.9 Å². The predicted octanol–water partition coefficient (Wildman–Crippen LogP) is 2.11. The van der Waals surface area contributed by atoms with Crippen LogP contribution in [0.3, 0.4) is 0 Å². The summed E-state index contributed by atoms with van der Waals surface area (Å²) in [6.07, 6.45) is 1.14. The van der Waals surface area contributed by atoms with Crippen molar-refractivity contribution in [2.24, 2.45) is 5.73 Å². The number of carbonyl (C=O) groups is 1. The lowest BCUT2D eigenvalue weighted by atomic mass is 10.1. The summed E-state index contributed by atoms with van der Waals surface area (Å²) in [6.45, 7) is 1.34. The molecular formula is C12H15BrClFN2O. The van der Waals surface area contributed by atoms with Gasteiger partial charge in [-0.25, -0.2) is 4.39 Å². The lowest BCUT2D eigenvalue weighted by Crippen LogP contribution is -2.33. The molecular weight excluding hydrogens is 322 g/mol. The lowest BCUT2D eigenvalue weighted by molar-refractivity contribution is -0.129. The van der Waals surface area contributed by atoms with Gasteiger partial charge in [0.1, 0.15) is 5.82 Å². The molecule has 0 bridgehead atoms. The van der Waals surface area contributed by atoms with Crippen LogP contribution in [0.5, 0.6) is 0 Å². The van der Waals surface area contributed by atoms with Gasteiger partial charge in [-0.2, -0.15) is 0 Å². The Kier molecular flexibility index (Phi) is 5.56. The number of rotatable bonds is 2. The third-order valence-electron chi connectivity index (χ3n) is 2.93. The maximum absolute atomic E-state index is 12.9. The molecule has 1 aliphatic rings. The van der Waals surface area contributed by atoms with Gasteiger partial charge >= 0.3 is 0 Å². The van der Waals surface area contributed by atoms with Crippen molar-refractivity contribution in [3.8, 4) is 0 Å². The van der Waals surface area contributed by atoms with Crippen LogP contribution in [0.25, 0.3) is 0 Å². The van der Waals surface area contributed by atoms with E-state index in [0.717, 1.165) is 18.5 Å². The number of hydrogen-bond acceptors (Lipinski definition) is 2. The van der Waals surface area contributed by atoms with Gasteiger partial charge in [-0.05, 0) is 24.1 Å².